The summed E-state index contributed by atoms with van der Waals surface area (Å²) in [6.45, 7) is 2.66. The third-order valence-corrected chi connectivity index (χ3v) is 5.41. The van der Waals surface area contributed by atoms with E-state index in [4.69, 9.17) is 15.2 Å². The normalized spacial score (nSPS) is 15.6. The molecule has 29 heavy (non-hydrogen) atoms. The van der Waals surface area contributed by atoms with Crippen molar-refractivity contribution in [1.29, 1.82) is 0 Å². The smallest absolute Gasteiger partial charge is 0.237 e. The lowest BCUT2D eigenvalue weighted by Gasteiger charge is -2.26. The van der Waals surface area contributed by atoms with Crippen molar-refractivity contribution in [3.8, 4) is 5.75 Å². The van der Waals surface area contributed by atoms with Crippen LogP contribution >= 0.6 is 0 Å². The number of rotatable bonds is 10. The van der Waals surface area contributed by atoms with Crippen LogP contribution in [0.4, 0.5) is 0 Å². The topological polar surface area (TPSA) is 73.6 Å². The van der Waals surface area contributed by atoms with Gasteiger partial charge in [-0.2, -0.15) is 0 Å². The maximum atomic E-state index is 12.3. The van der Waals surface area contributed by atoms with Crippen LogP contribution in [0.15, 0.2) is 54.6 Å². The average Bonchev–Trinajstić information content (AvgIpc) is 2.78. The highest BCUT2D eigenvalue weighted by Gasteiger charge is 2.26. The molecule has 3 N–H and O–H groups in total. The first kappa shape index (κ1) is 21.3. The predicted octanol–water partition coefficient (Wildman–Crippen LogP) is 3.11. The van der Waals surface area contributed by atoms with Crippen molar-refractivity contribution in [3.63, 3.8) is 0 Å². The van der Waals surface area contributed by atoms with Crippen molar-refractivity contribution in [2.75, 3.05) is 26.4 Å². The summed E-state index contributed by atoms with van der Waals surface area (Å²) in [5.41, 5.74) is 8.59. The number of amides is 1. The average molecular weight is 397 g/mol. The number of ether oxygens (including phenoxy) is 2. The number of nitrogens with two attached hydrogens (primary N) is 1. The third-order valence-electron chi connectivity index (χ3n) is 5.41. The Hall–Kier alpha value is -2.37. The van der Waals surface area contributed by atoms with E-state index in [0.29, 0.717) is 26.4 Å². The Labute approximate surface area is 173 Å². The van der Waals surface area contributed by atoms with Gasteiger partial charge in [0.25, 0.3) is 0 Å². The van der Waals surface area contributed by atoms with Crippen LogP contribution < -0.4 is 15.8 Å². The van der Waals surface area contributed by atoms with Gasteiger partial charge in [-0.25, -0.2) is 0 Å². The SMILES string of the molecule is NC(C(=O)NCCc1cccc(OCCCc2ccccc2)c1)C1CCOCC1. The first-order chi connectivity index (χ1) is 14.2. The van der Waals surface area contributed by atoms with E-state index in [0.717, 1.165) is 43.4 Å². The summed E-state index contributed by atoms with van der Waals surface area (Å²) in [6, 6.07) is 18.1. The minimum atomic E-state index is -0.446. The van der Waals surface area contributed by atoms with Crippen LogP contribution in [0.3, 0.4) is 0 Å². The summed E-state index contributed by atoms with van der Waals surface area (Å²) < 4.78 is 11.2. The molecular weight excluding hydrogens is 364 g/mol. The molecule has 0 radical (unpaired) electrons. The minimum Gasteiger partial charge on any atom is -0.494 e. The molecule has 2 aromatic carbocycles. The lowest BCUT2D eigenvalue weighted by atomic mass is 9.92. The second-order valence-corrected chi connectivity index (χ2v) is 7.60. The van der Waals surface area contributed by atoms with Crippen molar-refractivity contribution >= 4 is 5.91 Å². The predicted molar refractivity (Wildman–Crippen MR) is 115 cm³/mol. The minimum absolute atomic E-state index is 0.0646. The fraction of sp³-hybridized carbons (Fsp3) is 0.458. The Morgan fingerprint density at radius 3 is 2.62 bits per heavy atom. The molecule has 5 nitrogen and oxygen atoms in total. The number of carbonyl (C=O) groups is 1. The molecule has 1 amide bonds. The van der Waals surface area contributed by atoms with Crippen LogP contribution in [0.25, 0.3) is 0 Å². The molecule has 1 heterocycles. The van der Waals surface area contributed by atoms with Gasteiger partial charge in [-0.05, 0) is 61.3 Å². The van der Waals surface area contributed by atoms with E-state index in [-0.39, 0.29) is 11.8 Å². The van der Waals surface area contributed by atoms with Crippen molar-refractivity contribution in [2.24, 2.45) is 11.7 Å². The maximum Gasteiger partial charge on any atom is 0.237 e. The molecule has 5 heteroatoms. The van der Waals surface area contributed by atoms with Crippen molar-refractivity contribution < 1.29 is 14.3 Å². The van der Waals surface area contributed by atoms with Gasteiger partial charge in [-0.1, -0.05) is 42.5 Å². The first-order valence-electron chi connectivity index (χ1n) is 10.6. The summed E-state index contributed by atoms with van der Waals surface area (Å²) in [4.78, 5) is 12.3. The van der Waals surface area contributed by atoms with Gasteiger partial charge < -0.3 is 20.5 Å². The van der Waals surface area contributed by atoms with Crippen LogP contribution in [0.5, 0.6) is 5.75 Å². The van der Waals surface area contributed by atoms with Crippen LogP contribution in [-0.2, 0) is 22.4 Å². The van der Waals surface area contributed by atoms with E-state index in [2.05, 4.69) is 35.6 Å². The number of hydrogen-bond acceptors (Lipinski definition) is 4. The number of hydrogen-bond donors (Lipinski definition) is 2. The summed E-state index contributed by atoms with van der Waals surface area (Å²) in [5.74, 6) is 1.03. The number of carbonyl (C=O) groups excluding carboxylic acids is 1. The van der Waals surface area contributed by atoms with E-state index in [1.807, 2.05) is 24.3 Å². The molecule has 1 aliphatic rings. The Morgan fingerprint density at radius 2 is 1.83 bits per heavy atom. The number of nitrogens with one attached hydrogen (secondary N) is 1. The second-order valence-electron chi connectivity index (χ2n) is 7.60. The van der Waals surface area contributed by atoms with E-state index < -0.39 is 6.04 Å². The maximum absolute atomic E-state index is 12.3. The number of aryl methyl sites for hydroxylation is 1. The molecule has 1 unspecified atom stereocenters. The van der Waals surface area contributed by atoms with E-state index in [1.54, 1.807) is 0 Å². The molecule has 1 atom stereocenters. The van der Waals surface area contributed by atoms with Gasteiger partial charge in [0.15, 0.2) is 0 Å². The standard InChI is InChI=1S/C24H32N2O3/c25-23(21-12-16-28-17-13-21)24(27)26-14-11-20-8-4-10-22(18-20)29-15-5-9-19-6-2-1-3-7-19/h1-4,6-8,10,18,21,23H,5,9,11-17,25H2,(H,26,27). The molecule has 1 fully saturated rings. The molecular formula is C24H32N2O3. The molecule has 0 aliphatic carbocycles. The fourth-order valence-electron chi connectivity index (χ4n) is 3.64. The lowest BCUT2D eigenvalue weighted by Crippen LogP contribution is -2.47. The third kappa shape index (κ3) is 7.18. The molecule has 156 valence electrons. The zero-order valence-corrected chi connectivity index (χ0v) is 17.0. The fourth-order valence-corrected chi connectivity index (χ4v) is 3.64. The molecule has 1 aliphatic heterocycles. The highest BCUT2D eigenvalue weighted by Crippen LogP contribution is 2.18. The van der Waals surface area contributed by atoms with Gasteiger partial charge >= 0.3 is 0 Å². The van der Waals surface area contributed by atoms with Crippen LogP contribution in [0.1, 0.15) is 30.4 Å². The molecule has 0 spiro atoms. The molecule has 1 saturated heterocycles. The zero-order valence-electron chi connectivity index (χ0n) is 17.0. The van der Waals surface area contributed by atoms with Crippen molar-refractivity contribution in [3.05, 3.63) is 65.7 Å². The highest BCUT2D eigenvalue weighted by molar-refractivity contribution is 5.81. The van der Waals surface area contributed by atoms with Gasteiger partial charge in [0.05, 0.1) is 12.6 Å². The lowest BCUT2D eigenvalue weighted by molar-refractivity contribution is -0.124. The highest BCUT2D eigenvalue weighted by atomic mass is 16.5. The second kappa shape index (κ2) is 11.6. The molecule has 0 saturated carbocycles. The van der Waals surface area contributed by atoms with E-state index >= 15 is 0 Å². The molecule has 2 aromatic rings. The molecule has 0 aromatic heterocycles. The quantitative estimate of drug-likeness (QED) is 0.605. The van der Waals surface area contributed by atoms with Crippen molar-refractivity contribution in [1.82, 2.24) is 5.32 Å². The van der Waals surface area contributed by atoms with Gasteiger partial charge in [0.1, 0.15) is 5.75 Å². The van der Waals surface area contributed by atoms with Crippen LogP contribution in [0.2, 0.25) is 0 Å². The summed E-state index contributed by atoms with van der Waals surface area (Å²) in [5, 5.41) is 2.97. The Kier molecular flexibility index (Phi) is 8.53. The van der Waals surface area contributed by atoms with Crippen molar-refractivity contribution in [2.45, 2.75) is 38.1 Å². The van der Waals surface area contributed by atoms with Crippen LogP contribution in [0, 0.1) is 5.92 Å². The van der Waals surface area contributed by atoms with Gasteiger partial charge in [0.2, 0.25) is 5.91 Å². The number of benzene rings is 2. The van der Waals surface area contributed by atoms with Gasteiger partial charge in [-0.3, -0.25) is 4.79 Å². The molecule has 0 bridgehead atoms. The zero-order chi connectivity index (χ0) is 20.3. The summed E-state index contributed by atoms with van der Waals surface area (Å²) in [7, 11) is 0. The summed E-state index contributed by atoms with van der Waals surface area (Å²) in [6.07, 6.45) is 4.47. The van der Waals surface area contributed by atoms with E-state index in [1.165, 1.54) is 5.56 Å². The van der Waals surface area contributed by atoms with E-state index in [9.17, 15) is 4.79 Å². The molecule has 3 rings (SSSR count). The Balaban J connectivity index is 1.36. The van der Waals surface area contributed by atoms with Gasteiger partial charge in [0, 0.05) is 19.8 Å². The summed E-state index contributed by atoms with van der Waals surface area (Å²) >= 11 is 0. The Morgan fingerprint density at radius 1 is 1.07 bits per heavy atom. The Bertz CT molecular complexity index is 745. The largest absolute Gasteiger partial charge is 0.494 e. The monoisotopic (exact) mass is 396 g/mol. The van der Waals surface area contributed by atoms with Gasteiger partial charge in [-0.15, -0.1) is 0 Å². The van der Waals surface area contributed by atoms with Crippen LogP contribution in [-0.4, -0.2) is 38.3 Å². The first-order valence-corrected chi connectivity index (χ1v) is 10.6.